The fourth-order valence-electron chi connectivity index (χ4n) is 1.69. The van der Waals surface area contributed by atoms with E-state index in [1.165, 1.54) is 0 Å². The number of ether oxygens (including phenoxy) is 1. The average molecular weight is 335 g/mol. The van der Waals surface area contributed by atoms with Gasteiger partial charge >= 0.3 is 0 Å². The van der Waals surface area contributed by atoms with Crippen LogP contribution in [-0.2, 0) is 4.79 Å². The number of hydrogen-bond donors (Lipinski definition) is 2. The molecule has 0 saturated carbocycles. The van der Waals surface area contributed by atoms with Crippen LogP contribution < -0.4 is 15.4 Å². The minimum atomic E-state index is -0.127. The van der Waals surface area contributed by atoms with Gasteiger partial charge in [0.15, 0.2) is 0 Å². The highest BCUT2D eigenvalue weighted by Gasteiger charge is 2.06. The van der Waals surface area contributed by atoms with Gasteiger partial charge in [-0.05, 0) is 36.4 Å². The molecule has 0 radical (unpaired) electrons. The van der Waals surface area contributed by atoms with Gasteiger partial charge in [0.25, 0.3) is 0 Å². The number of carbonyl (C=O) groups is 1. The normalized spacial score (nSPS) is 9.90. The monoisotopic (exact) mass is 334 g/mol. The van der Waals surface area contributed by atoms with E-state index in [0.29, 0.717) is 11.4 Å². The lowest BCUT2D eigenvalue weighted by molar-refractivity contribution is -0.114. The fourth-order valence-corrected chi connectivity index (χ4v) is 1.96. The minimum absolute atomic E-state index is 0.127. The summed E-state index contributed by atoms with van der Waals surface area (Å²) in [5, 5.41) is 5.86. The second kappa shape index (κ2) is 6.96. The van der Waals surface area contributed by atoms with Gasteiger partial charge in [0, 0.05) is 10.2 Å². The van der Waals surface area contributed by atoms with Crippen molar-refractivity contribution in [1.29, 1.82) is 0 Å². The Hall–Kier alpha value is -2.01. The summed E-state index contributed by atoms with van der Waals surface area (Å²) >= 11 is 3.36. The molecule has 0 spiro atoms. The average Bonchev–Trinajstić information content (AvgIpc) is 2.47. The van der Waals surface area contributed by atoms with E-state index in [4.69, 9.17) is 4.74 Å². The SMILES string of the molecule is COc1ccccc1NC(=O)CNc1ccc(Br)cc1. The van der Waals surface area contributed by atoms with Gasteiger partial charge < -0.3 is 15.4 Å². The van der Waals surface area contributed by atoms with Crippen LogP contribution in [0.25, 0.3) is 0 Å². The van der Waals surface area contributed by atoms with E-state index in [2.05, 4.69) is 26.6 Å². The molecule has 0 unspecified atom stereocenters. The number of rotatable bonds is 5. The summed E-state index contributed by atoms with van der Waals surface area (Å²) in [5.74, 6) is 0.516. The molecule has 0 heterocycles. The Balaban J connectivity index is 1.91. The van der Waals surface area contributed by atoms with E-state index in [1.807, 2.05) is 36.4 Å². The molecule has 2 rings (SSSR count). The zero-order chi connectivity index (χ0) is 14.4. The minimum Gasteiger partial charge on any atom is -0.495 e. The Morgan fingerprint density at radius 1 is 1.15 bits per heavy atom. The number of methoxy groups -OCH3 is 1. The molecule has 0 aromatic heterocycles. The first-order valence-corrected chi connectivity index (χ1v) is 6.90. The highest BCUT2D eigenvalue weighted by molar-refractivity contribution is 9.10. The van der Waals surface area contributed by atoms with Crippen LogP contribution in [0.3, 0.4) is 0 Å². The molecule has 0 aliphatic heterocycles. The third kappa shape index (κ3) is 3.99. The van der Waals surface area contributed by atoms with Gasteiger partial charge in [-0.15, -0.1) is 0 Å². The molecule has 0 fully saturated rings. The molecular weight excluding hydrogens is 320 g/mol. The lowest BCUT2D eigenvalue weighted by atomic mass is 10.3. The number of hydrogen-bond acceptors (Lipinski definition) is 3. The number of amides is 1. The summed E-state index contributed by atoms with van der Waals surface area (Å²) in [4.78, 5) is 11.9. The number of para-hydroxylation sites is 2. The van der Waals surface area contributed by atoms with Crippen LogP contribution in [-0.4, -0.2) is 19.6 Å². The van der Waals surface area contributed by atoms with E-state index in [-0.39, 0.29) is 12.5 Å². The number of benzene rings is 2. The second-order valence-electron chi connectivity index (χ2n) is 4.11. The van der Waals surface area contributed by atoms with E-state index in [1.54, 1.807) is 19.2 Å². The molecule has 0 atom stereocenters. The molecule has 104 valence electrons. The molecule has 2 N–H and O–H groups in total. The molecule has 4 nitrogen and oxygen atoms in total. The van der Waals surface area contributed by atoms with Crippen LogP contribution in [0.15, 0.2) is 53.0 Å². The van der Waals surface area contributed by atoms with Crippen LogP contribution in [0, 0.1) is 0 Å². The van der Waals surface area contributed by atoms with Crippen LogP contribution in [0.5, 0.6) is 5.75 Å². The van der Waals surface area contributed by atoms with Crippen molar-refractivity contribution in [1.82, 2.24) is 0 Å². The highest BCUT2D eigenvalue weighted by Crippen LogP contribution is 2.22. The molecule has 2 aromatic rings. The standard InChI is InChI=1S/C15H15BrN2O2/c1-20-14-5-3-2-4-13(14)18-15(19)10-17-12-8-6-11(16)7-9-12/h2-9,17H,10H2,1H3,(H,18,19). The van der Waals surface area contributed by atoms with Gasteiger partial charge in [-0.2, -0.15) is 0 Å². The Morgan fingerprint density at radius 2 is 1.85 bits per heavy atom. The molecule has 0 aliphatic rings. The zero-order valence-corrected chi connectivity index (χ0v) is 12.6. The van der Waals surface area contributed by atoms with Crippen LogP contribution in [0.2, 0.25) is 0 Å². The molecule has 5 heteroatoms. The Kier molecular flexibility index (Phi) is 5.01. The number of nitrogens with one attached hydrogen (secondary N) is 2. The van der Waals surface area contributed by atoms with Crippen LogP contribution in [0.1, 0.15) is 0 Å². The van der Waals surface area contributed by atoms with Crippen LogP contribution >= 0.6 is 15.9 Å². The van der Waals surface area contributed by atoms with Crippen molar-refractivity contribution in [2.75, 3.05) is 24.3 Å². The first-order valence-electron chi connectivity index (χ1n) is 6.11. The fraction of sp³-hybridized carbons (Fsp3) is 0.133. The van der Waals surface area contributed by atoms with Crippen molar-refractivity contribution in [3.05, 3.63) is 53.0 Å². The summed E-state index contributed by atoms with van der Waals surface area (Å²) in [5.41, 5.74) is 1.56. The maximum Gasteiger partial charge on any atom is 0.243 e. The predicted octanol–water partition coefficient (Wildman–Crippen LogP) is 3.51. The van der Waals surface area contributed by atoms with Crippen molar-refractivity contribution in [2.24, 2.45) is 0 Å². The predicted molar refractivity (Wildman–Crippen MR) is 84.3 cm³/mol. The third-order valence-electron chi connectivity index (χ3n) is 2.68. The van der Waals surface area contributed by atoms with Crippen molar-refractivity contribution in [3.63, 3.8) is 0 Å². The van der Waals surface area contributed by atoms with Crippen molar-refractivity contribution in [2.45, 2.75) is 0 Å². The quantitative estimate of drug-likeness (QED) is 0.879. The van der Waals surface area contributed by atoms with E-state index >= 15 is 0 Å². The van der Waals surface area contributed by atoms with Gasteiger partial charge in [-0.1, -0.05) is 28.1 Å². The highest BCUT2D eigenvalue weighted by atomic mass is 79.9. The van der Waals surface area contributed by atoms with Crippen molar-refractivity contribution in [3.8, 4) is 5.75 Å². The van der Waals surface area contributed by atoms with Gasteiger partial charge in [-0.3, -0.25) is 4.79 Å². The summed E-state index contributed by atoms with van der Waals surface area (Å²) in [6.07, 6.45) is 0. The van der Waals surface area contributed by atoms with E-state index < -0.39 is 0 Å². The van der Waals surface area contributed by atoms with Gasteiger partial charge in [0.2, 0.25) is 5.91 Å². The maximum atomic E-state index is 11.9. The van der Waals surface area contributed by atoms with Gasteiger partial charge in [-0.25, -0.2) is 0 Å². The van der Waals surface area contributed by atoms with Crippen molar-refractivity contribution < 1.29 is 9.53 Å². The molecule has 0 saturated heterocycles. The lowest BCUT2D eigenvalue weighted by Crippen LogP contribution is -2.21. The molecule has 20 heavy (non-hydrogen) atoms. The van der Waals surface area contributed by atoms with Gasteiger partial charge in [0.05, 0.1) is 19.3 Å². The zero-order valence-electron chi connectivity index (χ0n) is 11.0. The lowest BCUT2D eigenvalue weighted by Gasteiger charge is -2.10. The Bertz CT molecular complexity index is 585. The summed E-state index contributed by atoms with van der Waals surface area (Å²) in [6, 6.07) is 14.9. The van der Waals surface area contributed by atoms with E-state index in [9.17, 15) is 4.79 Å². The molecular formula is C15H15BrN2O2. The number of anilines is 2. The summed E-state index contributed by atoms with van der Waals surface area (Å²) < 4.78 is 6.18. The van der Waals surface area contributed by atoms with Crippen LogP contribution in [0.4, 0.5) is 11.4 Å². The molecule has 0 aliphatic carbocycles. The van der Waals surface area contributed by atoms with E-state index in [0.717, 1.165) is 10.2 Å². The molecule has 2 aromatic carbocycles. The van der Waals surface area contributed by atoms with Gasteiger partial charge in [0.1, 0.15) is 5.75 Å². The maximum absolute atomic E-state index is 11.9. The largest absolute Gasteiger partial charge is 0.495 e. The first-order chi connectivity index (χ1) is 9.69. The smallest absolute Gasteiger partial charge is 0.243 e. The number of carbonyl (C=O) groups excluding carboxylic acids is 1. The Morgan fingerprint density at radius 3 is 2.55 bits per heavy atom. The number of halogens is 1. The topological polar surface area (TPSA) is 50.4 Å². The third-order valence-corrected chi connectivity index (χ3v) is 3.21. The Labute approximate surface area is 126 Å². The first kappa shape index (κ1) is 14.4. The summed E-state index contributed by atoms with van der Waals surface area (Å²) in [6.45, 7) is 0.194. The van der Waals surface area contributed by atoms with Crippen molar-refractivity contribution >= 4 is 33.2 Å². The molecule has 0 bridgehead atoms. The summed E-state index contributed by atoms with van der Waals surface area (Å²) in [7, 11) is 1.57. The second-order valence-corrected chi connectivity index (χ2v) is 5.02. The molecule has 1 amide bonds.